The zero-order valence-corrected chi connectivity index (χ0v) is 15.5. The number of benzene rings is 1. The van der Waals surface area contributed by atoms with E-state index in [1.54, 1.807) is 11.1 Å². The second-order valence-electron chi connectivity index (χ2n) is 7.26. The number of nitrogens with one attached hydrogen (secondary N) is 1. The van der Waals surface area contributed by atoms with Crippen LogP contribution in [0.25, 0.3) is 10.9 Å². The normalized spacial score (nSPS) is 16.0. The average Bonchev–Trinajstić information content (AvgIpc) is 2.92. The maximum absolute atomic E-state index is 12.7. The minimum absolute atomic E-state index is 0.110. The molecule has 1 aromatic heterocycles. The lowest BCUT2D eigenvalue weighted by Crippen LogP contribution is -2.37. The number of Topliss-reactive ketones (excluding diaryl/α,β-unsaturated/α-hetero) is 1. The summed E-state index contributed by atoms with van der Waals surface area (Å²) in [5, 5.41) is 0.964. The van der Waals surface area contributed by atoms with Crippen LogP contribution in [0, 0.1) is 5.92 Å². The van der Waals surface area contributed by atoms with Gasteiger partial charge in [-0.05, 0) is 18.4 Å². The molecule has 1 aliphatic rings. The number of amides is 1. The number of fused-ring (bicyclic) bond motifs is 1. The number of H-pyrrole nitrogens is 1. The second-order valence-corrected chi connectivity index (χ2v) is 7.26. The Labute approximate surface area is 154 Å². The molecule has 3 rings (SSSR count). The van der Waals surface area contributed by atoms with E-state index in [1.807, 2.05) is 38.1 Å². The first-order valence-corrected chi connectivity index (χ1v) is 9.28. The van der Waals surface area contributed by atoms with Crippen molar-refractivity contribution in [2.24, 2.45) is 5.92 Å². The van der Waals surface area contributed by atoms with Gasteiger partial charge in [0.05, 0.1) is 13.2 Å². The van der Waals surface area contributed by atoms with Crippen molar-refractivity contribution in [3.8, 4) is 0 Å². The number of ketones is 1. The summed E-state index contributed by atoms with van der Waals surface area (Å²) in [6, 6.07) is 7.83. The van der Waals surface area contributed by atoms with Gasteiger partial charge in [0.15, 0.2) is 5.78 Å². The Kier molecular flexibility index (Phi) is 5.93. The molecule has 6 nitrogen and oxygen atoms in total. The van der Waals surface area contributed by atoms with E-state index in [4.69, 9.17) is 4.74 Å². The highest BCUT2D eigenvalue weighted by atomic mass is 16.6. The Hall–Kier alpha value is -2.34. The van der Waals surface area contributed by atoms with E-state index >= 15 is 0 Å². The van der Waals surface area contributed by atoms with Crippen LogP contribution >= 0.6 is 0 Å². The number of carbonyl (C=O) groups excluding carboxylic acids is 2. The standard InChI is InChI=1S/C20H27N3O3/c1-15(2)14-26-20(25)23-9-5-8-22(10-11-23)13-19(24)17-12-21-18-7-4-3-6-16(17)18/h3-4,6-7,12,15,21H,5,8-11,13-14H2,1-2H3. The van der Waals surface area contributed by atoms with Crippen LogP contribution in [0.1, 0.15) is 30.6 Å². The van der Waals surface area contributed by atoms with Gasteiger partial charge in [0.2, 0.25) is 0 Å². The largest absolute Gasteiger partial charge is 0.449 e. The fraction of sp³-hybridized carbons (Fsp3) is 0.500. The van der Waals surface area contributed by atoms with Crippen molar-refractivity contribution in [1.82, 2.24) is 14.8 Å². The summed E-state index contributed by atoms with van der Waals surface area (Å²) in [7, 11) is 0. The first kappa shape index (κ1) is 18.5. The zero-order valence-electron chi connectivity index (χ0n) is 15.5. The van der Waals surface area contributed by atoms with Crippen molar-refractivity contribution in [3.05, 3.63) is 36.0 Å². The van der Waals surface area contributed by atoms with Crippen LogP contribution in [0.2, 0.25) is 0 Å². The number of nitrogens with zero attached hydrogens (tertiary/aromatic N) is 2. The molecule has 0 saturated carbocycles. The number of hydrogen-bond donors (Lipinski definition) is 1. The van der Waals surface area contributed by atoms with Crippen molar-refractivity contribution < 1.29 is 14.3 Å². The molecule has 0 radical (unpaired) electrons. The van der Waals surface area contributed by atoms with Crippen LogP contribution in [0.4, 0.5) is 4.79 Å². The molecule has 0 atom stereocenters. The monoisotopic (exact) mass is 357 g/mol. The Bertz CT molecular complexity index is 769. The lowest BCUT2D eigenvalue weighted by molar-refractivity contribution is 0.0907. The zero-order chi connectivity index (χ0) is 18.5. The summed E-state index contributed by atoms with van der Waals surface area (Å²) in [4.78, 5) is 31.9. The van der Waals surface area contributed by atoms with Crippen LogP contribution < -0.4 is 0 Å². The number of rotatable bonds is 5. The van der Waals surface area contributed by atoms with Gasteiger partial charge in [-0.15, -0.1) is 0 Å². The van der Waals surface area contributed by atoms with Crippen molar-refractivity contribution in [2.45, 2.75) is 20.3 Å². The number of para-hydroxylation sites is 1. The van der Waals surface area contributed by atoms with Crippen LogP contribution in [0.15, 0.2) is 30.5 Å². The highest BCUT2D eigenvalue weighted by Gasteiger charge is 2.22. The molecule has 1 amide bonds. The maximum atomic E-state index is 12.7. The molecule has 0 unspecified atom stereocenters. The first-order valence-electron chi connectivity index (χ1n) is 9.28. The Morgan fingerprint density at radius 1 is 1.15 bits per heavy atom. The van der Waals surface area contributed by atoms with E-state index in [0.717, 1.165) is 29.4 Å². The molecule has 2 heterocycles. The van der Waals surface area contributed by atoms with E-state index in [0.29, 0.717) is 38.7 Å². The quantitative estimate of drug-likeness (QED) is 0.835. The van der Waals surface area contributed by atoms with Gasteiger partial charge >= 0.3 is 6.09 Å². The van der Waals surface area contributed by atoms with Gasteiger partial charge in [-0.25, -0.2) is 4.79 Å². The van der Waals surface area contributed by atoms with Gasteiger partial charge in [0.25, 0.3) is 0 Å². The topological polar surface area (TPSA) is 65.6 Å². The third-order valence-electron chi connectivity index (χ3n) is 4.64. The van der Waals surface area contributed by atoms with Crippen LogP contribution in [0.3, 0.4) is 0 Å². The minimum atomic E-state index is -0.247. The lowest BCUT2D eigenvalue weighted by Gasteiger charge is -2.21. The Morgan fingerprint density at radius 3 is 2.77 bits per heavy atom. The van der Waals surface area contributed by atoms with Gasteiger partial charge in [0.1, 0.15) is 0 Å². The Morgan fingerprint density at radius 2 is 1.96 bits per heavy atom. The molecule has 0 bridgehead atoms. The second kappa shape index (κ2) is 8.36. The molecule has 6 heteroatoms. The fourth-order valence-corrected chi connectivity index (χ4v) is 3.23. The predicted molar refractivity (Wildman–Crippen MR) is 101 cm³/mol. The van der Waals surface area contributed by atoms with Crippen LogP contribution in [-0.4, -0.2) is 66.0 Å². The molecular formula is C20H27N3O3. The molecule has 2 aromatic rings. The molecule has 1 N–H and O–H groups in total. The summed E-state index contributed by atoms with van der Waals surface area (Å²) >= 11 is 0. The van der Waals surface area contributed by atoms with Crippen molar-refractivity contribution in [2.75, 3.05) is 39.3 Å². The molecule has 1 aromatic carbocycles. The average molecular weight is 357 g/mol. The summed E-state index contributed by atoms with van der Waals surface area (Å²) in [6.07, 6.45) is 2.39. The molecule has 26 heavy (non-hydrogen) atoms. The highest BCUT2D eigenvalue weighted by Crippen LogP contribution is 2.18. The van der Waals surface area contributed by atoms with Gasteiger partial charge in [-0.1, -0.05) is 32.0 Å². The third kappa shape index (κ3) is 4.43. The molecular weight excluding hydrogens is 330 g/mol. The van der Waals surface area contributed by atoms with Crippen LogP contribution in [0.5, 0.6) is 0 Å². The van der Waals surface area contributed by atoms with Crippen molar-refractivity contribution >= 4 is 22.8 Å². The first-order chi connectivity index (χ1) is 12.5. The van der Waals surface area contributed by atoms with E-state index in [1.165, 1.54) is 0 Å². The maximum Gasteiger partial charge on any atom is 0.409 e. The van der Waals surface area contributed by atoms with Gasteiger partial charge in [-0.2, -0.15) is 0 Å². The molecule has 1 fully saturated rings. The van der Waals surface area contributed by atoms with Gasteiger partial charge in [0, 0.05) is 48.8 Å². The highest BCUT2D eigenvalue weighted by molar-refractivity contribution is 6.08. The number of aromatic amines is 1. The predicted octanol–water partition coefficient (Wildman–Crippen LogP) is 3.15. The molecule has 1 saturated heterocycles. The summed E-state index contributed by atoms with van der Waals surface area (Å²) in [5.41, 5.74) is 1.71. The number of hydrogen-bond acceptors (Lipinski definition) is 4. The summed E-state index contributed by atoms with van der Waals surface area (Å²) < 4.78 is 5.32. The Balaban J connectivity index is 1.56. The molecule has 1 aliphatic heterocycles. The third-order valence-corrected chi connectivity index (χ3v) is 4.64. The van der Waals surface area contributed by atoms with Crippen LogP contribution in [-0.2, 0) is 4.74 Å². The van der Waals surface area contributed by atoms with E-state index < -0.39 is 0 Å². The summed E-state index contributed by atoms with van der Waals surface area (Å²) in [5.74, 6) is 0.439. The summed E-state index contributed by atoms with van der Waals surface area (Å²) in [6.45, 7) is 7.62. The van der Waals surface area contributed by atoms with Gasteiger partial charge < -0.3 is 14.6 Å². The molecule has 0 spiro atoms. The fourth-order valence-electron chi connectivity index (χ4n) is 3.23. The lowest BCUT2D eigenvalue weighted by atomic mass is 10.1. The van der Waals surface area contributed by atoms with E-state index in [2.05, 4.69) is 9.88 Å². The number of ether oxygens (including phenoxy) is 1. The van der Waals surface area contributed by atoms with Crippen molar-refractivity contribution in [1.29, 1.82) is 0 Å². The van der Waals surface area contributed by atoms with Crippen molar-refractivity contribution in [3.63, 3.8) is 0 Å². The smallest absolute Gasteiger partial charge is 0.409 e. The minimum Gasteiger partial charge on any atom is -0.449 e. The SMILES string of the molecule is CC(C)COC(=O)N1CCCN(CC(=O)c2c[nH]c3ccccc23)CC1. The molecule has 140 valence electrons. The van der Waals surface area contributed by atoms with Gasteiger partial charge in [-0.3, -0.25) is 9.69 Å². The van der Waals surface area contributed by atoms with E-state index in [9.17, 15) is 9.59 Å². The molecule has 0 aliphatic carbocycles. The number of carbonyl (C=O) groups is 2. The van der Waals surface area contributed by atoms with E-state index in [-0.39, 0.29) is 11.9 Å². The number of aromatic nitrogens is 1.